The molecule has 0 aliphatic rings. The van der Waals surface area contributed by atoms with Gasteiger partial charge in [0.2, 0.25) is 5.13 Å². The summed E-state index contributed by atoms with van der Waals surface area (Å²) in [6.45, 7) is 1.91. The monoisotopic (exact) mass is 181 g/mol. The van der Waals surface area contributed by atoms with Gasteiger partial charge in [0, 0.05) is 6.20 Å². The lowest BCUT2D eigenvalue weighted by atomic mass is 10.6. The maximum absolute atomic E-state index is 3.91. The Kier molecular flexibility index (Phi) is 1.75. The van der Waals surface area contributed by atoms with E-state index < -0.39 is 0 Å². The highest BCUT2D eigenvalue weighted by Crippen LogP contribution is 2.18. The van der Waals surface area contributed by atoms with Crippen molar-refractivity contribution in [2.75, 3.05) is 5.32 Å². The van der Waals surface area contributed by atoms with Gasteiger partial charge in [-0.15, -0.1) is 10.2 Å². The molecule has 0 radical (unpaired) electrons. The fourth-order valence-electron chi connectivity index (χ4n) is 0.790. The van der Waals surface area contributed by atoms with Crippen LogP contribution in [0.4, 0.5) is 10.8 Å². The number of H-pyrrole nitrogens is 1. The lowest BCUT2D eigenvalue weighted by molar-refractivity contribution is 1.05. The number of aromatic nitrogens is 4. The fraction of sp³-hybridized carbons (Fsp3) is 0.167. The Morgan fingerprint density at radius 1 is 1.50 bits per heavy atom. The summed E-state index contributed by atoms with van der Waals surface area (Å²) in [5, 5.41) is 19.1. The highest BCUT2D eigenvalue weighted by molar-refractivity contribution is 7.15. The second kappa shape index (κ2) is 2.90. The van der Waals surface area contributed by atoms with Crippen LogP contribution < -0.4 is 5.32 Å². The zero-order chi connectivity index (χ0) is 8.39. The van der Waals surface area contributed by atoms with E-state index in [0.29, 0.717) is 0 Å². The second-order valence-corrected chi connectivity index (χ2v) is 3.42. The summed E-state index contributed by atoms with van der Waals surface area (Å²) in [7, 11) is 0. The lowest BCUT2D eigenvalue weighted by Crippen LogP contribution is -1.86. The van der Waals surface area contributed by atoms with Crippen molar-refractivity contribution >= 4 is 22.2 Å². The van der Waals surface area contributed by atoms with Crippen LogP contribution in [0.2, 0.25) is 0 Å². The first-order valence-corrected chi connectivity index (χ1v) is 4.22. The van der Waals surface area contributed by atoms with Gasteiger partial charge in [-0.3, -0.25) is 5.10 Å². The van der Waals surface area contributed by atoms with Gasteiger partial charge >= 0.3 is 0 Å². The second-order valence-electron chi connectivity index (χ2n) is 2.24. The summed E-state index contributed by atoms with van der Waals surface area (Å²) >= 11 is 1.51. The number of anilines is 2. The summed E-state index contributed by atoms with van der Waals surface area (Å²) < 4.78 is 0. The molecule has 6 heteroatoms. The Morgan fingerprint density at radius 3 is 3.00 bits per heavy atom. The Bertz CT molecular complexity index is 352. The highest BCUT2D eigenvalue weighted by atomic mass is 32.1. The molecule has 0 fully saturated rings. The van der Waals surface area contributed by atoms with Gasteiger partial charge in [-0.2, -0.15) is 5.10 Å². The van der Waals surface area contributed by atoms with Crippen LogP contribution in [-0.2, 0) is 0 Å². The average Bonchev–Trinajstić information content (AvgIpc) is 2.63. The van der Waals surface area contributed by atoms with E-state index >= 15 is 0 Å². The van der Waals surface area contributed by atoms with E-state index in [-0.39, 0.29) is 0 Å². The van der Waals surface area contributed by atoms with Crippen molar-refractivity contribution < 1.29 is 0 Å². The van der Waals surface area contributed by atoms with Crippen LogP contribution in [0.1, 0.15) is 5.01 Å². The van der Waals surface area contributed by atoms with Gasteiger partial charge in [-0.1, -0.05) is 11.3 Å². The SMILES string of the molecule is Cc1nnc(Nc2cn[nH]c2)s1. The zero-order valence-electron chi connectivity index (χ0n) is 6.40. The molecule has 2 heterocycles. The molecule has 5 nitrogen and oxygen atoms in total. The first-order valence-electron chi connectivity index (χ1n) is 3.40. The molecule has 0 saturated carbocycles. The van der Waals surface area contributed by atoms with Crippen molar-refractivity contribution in [3.05, 3.63) is 17.4 Å². The molecule has 2 N–H and O–H groups in total. The quantitative estimate of drug-likeness (QED) is 0.733. The van der Waals surface area contributed by atoms with E-state index in [2.05, 4.69) is 25.7 Å². The number of hydrogen-bond donors (Lipinski definition) is 2. The Labute approximate surface area is 72.8 Å². The maximum Gasteiger partial charge on any atom is 0.210 e. The van der Waals surface area contributed by atoms with Crippen molar-refractivity contribution in [2.45, 2.75) is 6.92 Å². The van der Waals surface area contributed by atoms with E-state index in [1.54, 1.807) is 12.4 Å². The Morgan fingerprint density at radius 2 is 2.42 bits per heavy atom. The largest absolute Gasteiger partial charge is 0.328 e. The van der Waals surface area contributed by atoms with E-state index in [4.69, 9.17) is 0 Å². The van der Waals surface area contributed by atoms with Crippen molar-refractivity contribution in [2.24, 2.45) is 0 Å². The number of hydrogen-bond acceptors (Lipinski definition) is 5. The minimum atomic E-state index is 0.786. The lowest BCUT2D eigenvalue weighted by Gasteiger charge is -1.92. The third kappa shape index (κ3) is 1.42. The third-order valence-electron chi connectivity index (χ3n) is 1.28. The molecule has 2 aromatic rings. The van der Waals surface area contributed by atoms with Gasteiger partial charge in [0.1, 0.15) is 5.01 Å². The van der Waals surface area contributed by atoms with E-state index in [1.807, 2.05) is 6.92 Å². The van der Waals surface area contributed by atoms with Crippen LogP contribution in [0.15, 0.2) is 12.4 Å². The van der Waals surface area contributed by atoms with E-state index in [0.717, 1.165) is 15.8 Å². The predicted molar refractivity (Wildman–Crippen MR) is 46.5 cm³/mol. The van der Waals surface area contributed by atoms with Crippen LogP contribution in [-0.4, -0.2) is 20.4 Å². The summed E-state index contributed by atoms with van der Waals surface area (Å²) in [5.41, 5.74) is 0.895. The van der Waals surface area contributed by atoms with Crippen molar-refractivity contribution in [1.29, 1.82) is 0 Å². The van der Waals surface area contributed by atoms with Crippen molar-refractivity contribution in [3.63, 3.8) is 0 Å². The van der Waals surface area contributed by atoms with Gasteiger partial charge in [0.25, 0.3) is 0 Å². The smallest absolute Gasteiger partial charge is 0.210 e. The van der Waals surface area contributed by atoms with Crippen molar-refractivity contribution in [1.82, 2.24) is 20.4 Å². The van der Waals surface area contributed by atoms with Crippen LogP contribution in [0, 0.1) is 6.92 Å². The number of rotatable bonds is 2. The Hall–Kier alpha value is -1.43. The molecule has 2 rings (SSSR count). The molecule has 0 saturated heterocycles. The van der Waals surface area contributed by atoms with Crippen LogP contribution in [0.5, 0.6) is 0 Å². The molecule has 0 spiro atoms. The number of nitrogens with one attached hydrogen (secondary N) is 2. The van der Waals surface area contributed by atoms with Gasteiger partial charge in [0.15, 0.2) is 0 Å². The zero-order valence-corrected chi connectivity index (χ0v) is 7.22. The van der Waals surface area contributed by atoms with Gasteiger partial charge in [0.05, 0.1) is 11.9 Å². The molecule has 0 bridgehead atoms. The molecule has 2 aromatic heterocycles. The standard InChI is InChI=1S/C6H7N5S/c1-4-10-11-6(12-4)9-5-2-7-8-3-5/h2-3H,1H3,(H,7,8)(H,9,11). The fourth-order valence-corrected chi connectivity index (χ4v) is 1.40. The third-order valence-corrected chi connectivity index (χ3v) is 2.03. The van der Waals surface area contributed by atoms with Crippen LogP contribution >= 0.6 is 11.3 Å². The van der Waals surface area contributed by atoms with E-state index in [1.165, 1.54) is 11.3 Å². The molecular formula is C6H7N5S. The summed E-state index contributed by atoms with van der Waals surface area (Å²) in [6, 6.07) is 0. The van der Waals surface area contributed by atoms with E-state index in [9.17, 15) is 0 Å². The van der Waals surface area contributed by atoms with Crippen LogP contribution in [0.3, 0.4) is 0 Å². The molecule has 62 valence electrons. The maximum atomic E-state index is 3.91. The molecule has 0 aliphatic heterocycles. The van der Waals surface area contributed by atoms with Gasteiger partial charge in [-0.05, 0) is 6.92 Å². The molecule has 0 aliphatic carbocycles. The molecule has 12 heavy (non-hydrogen) atoms. The molecule has 0 aromatic carbocycles. The predicted octanol–water partition coefficient (Wildman–Crippen LogP) is 1.31. The van der Waals surface area contributed by atoms with Gasteiger partial charge in [-0.25, -0.2) is 0 Å². The minimum absolute atomic E-state index is 0.786. The number of nitrogens with zero attached hydrogens (tertiary/aromatic N) is 3. The molecule has 0 unspecified atom stereocenters. The summed E-state index contributed by atoms with van der Waals surface area (Å²) in [6.07, 6.45) is 3.45. The summed E-state index contributed by atoms with van der Waals surface area (Å²) in [4.78, 5) is 0. The normalized spacial score (nSPS) is 10.1. The average molecular weight is 181 g/mol. The molecule has 0 amide bonds. The van der Waals surface area contributed by atoms with Crippen molar-refractivity contribution in [3.8, 4) is 0 Å². The molecule has 0 atom stereocenters. The summed E-state index contributed by atoms with van der Waals surface area (Å²) in [5.74, 6) is 0. The van der Waals surface area contributed by atoms with Gasteiger partial charge < -0.3 is 5.32 Å². The first kappa shape index (κ1) is 7.23. The number of aryl methyl sites for hydroxylation is 1. The topological polar surface area (TPSA) is 66.5 Å². The number of aromatic amines is 1. The Balaban J connectivity index is 2.14. The molecular weight excluding hydrogens is 174 g/mol. The minimum Gasteiger partial charge on any atom is -0.328 e. The first-order chi connectivity index (χ1) is 5.84. The highest BCUT2D eigenvalue weighted by Gasteiger charge is 1.99. The van der Waals surface area contributed by atoms with Crippen LogP contribution in [0.25, 0.3) is 0 Å².